The molecular weight excluding hydrogens is 260 g/mol. The third-order valence-corrected chi connectivity index (χ3v) is 3.70. The number of hydrogen-bond acceptors (Lipinski definition) is 6. The highest BCUT2D eigenvalue weighted by Gasteiger charge is 2.27. The smallest absolute Gasteiger partial charge is 0.320 e. The molecule has 7 nitrogen and oxygen atoms in total. The molecule has 20 heavy (non-hydrogen) atoms. The zero-order valence-electron chi connectivity index (χ0n) is 12.1. The van der Waals surface area contributed by atoms with E-state index in [1.54, 1.807) is 0 Å². The summed E-state index contributed by atoms with van der Waals surface area (Å²) in [5.41, 5.74) is 0. The van der Waals surface area contributed by atoms with Crippen LogP contribution in [0.3, 0.4) is 0 Å². The van der Waals surface area contributed by atoms with Gasteiger partial charge in [-0.1, -0.05) is 19.0 Å². The van der Waals surface area contributed by atoms with Crippen molar-refractivity contribution in [2.45, 2.75) is 39.3 Å². The van der Waals surface area contributed by atoms with Crippen molar-refractivity contribution in [3.05, 3.63) is 11.7 Å². The first-order valence-corrected chi connectivity index (χ1v) is 7.14. The van der Waals surface area contributed by atoms with E-state index in [1.165, 1.54) is 0 Å². The van der Waals surface area contributed by atoms with Gasteiger partial charge < -0.3 is 9.63 Å². The van der Waals surface area contributed by atoms with Gasteiger partial charge in [-0.25, -0.2) is 0 Å². The molecule has 0 aromatic carbocycles. The second kappa shape index (κ2) is 6.81. The molecular formula is C13H22N4O3. The number of aromatic nitrogens is 2. The number of nitrogens with zero attached hydrogens (tertiary/aromatic N) is 4. The monoisotopic (exact) mass is 282 g/mol. The summed E-state index contributed by atoms with van der Waals surface area (Å²) in [6.45, 7) is 7.76. The number of carbonyl (C=O) groups is 1. The molecule has 0 saturated carbocycles. The number of carboxylic acid groups (broad SMARTS) is 1. The minimum atomic E-state index is -0.730. The molecule has 2 heterocycles. The van der Waals surface area contributed by atoms with Crippen LogP contribution in [0.2, 0.25) is 0 Å². The fraction of sp³-hybridized carbons (Fsp3) is 0.769. The molecule has 7 heteroatoms. The van der Waals surface area contributed by atoms with Crippen LogP contribution in [0.4, 0.5) is 0 Å². The molecule has 0 bridgehead atoms. The molecule has 0 radical (unpaired) electrons. The molecule has 112 valence electrons. The summed E-state index contributed by atoms with van der Waals surface area (Å²) in [5.74, 6) is 0.642. The molecule has 1 aromatic heterocycles. The highest BCUT2D eigenvalue weighted by Crippen LogP contribution is 2.11. The summed E-state index contributed by atoms with van der Waals surface area (Å²) in [5, 5.41) is 13.1. The topological polar surface area (TPSA) is 82.7 Å². The van der Waals surface area contributed by atoms with Crippen molar-refractivity contribution in [1.82, 2.24) is 19.9 Å². The molecule has 0 spiro atoms. The van der Waals surface area contributed by atoms with Crippen molar-refractivity contribution in [3.8, 4) is 0 Å². The summed E-state index contributed by atoms with van der Waals surface area (Å²) in [6, 6.07) is -0.367. The number of hydrogen-bond donors (Lipinski definition) is 1. The van der Waals surface area contributed by atoms with Crippen molar-refractivity contribution in [1.29, 1.82) is 0 Å². The quantitative estimate of drug-likeness (QED) is 0.818. The van der Waals surface area contributed by atoms with Crippen molar-refractivity contribution in [2.75, 3.05) is 26.2 Å². The van der Waals surface area contributed by atoms with Crippen LogP contribution in [0.1, 0.15) is 32.0 Å². The lowest BCUT2D eigenvalue weighted by atomic mass is 10.1. The van der Waals surface area contributed by atoms with Crippen molar-refractivity contribution in [3.63, 3.8) is 0 Å². The van der Waals surface area contributed by atoms with E-state index in [0.717, 1.165) is 32.6 Å². The van der Waals surface area contributed by atoms with Crippen LogP contribution in [0.5, 0.6) is 0 Å². The van der Waals surface area contributed by atoms with Crippen LogP contribution in [0, 0.1) is 0 Å². The maximum Gasteiger partial charge on any atom is 0.320 e. The summed E-state index contributed by atoms with van der Waals surface area (Å²) in [6.07, 6.45) is 1.39. The van der Waals surface area contributed by atoms with Gasteiger partial charge in [0.05, 0.1) is 6.54 Å². The SMILES string of the molecule is CCc1nc(CN2CCN(C(CC)C(=O)O)CC2)no1. The Morgan fingerprint density at radius 1 is 1.35 bits per heavy atom. The second-order valence-corrected chi connectivity index (χ2v) is 5.03. The van der Waals surface area contributed by atoms with Crippen molar-refractivity contribution >= 4 is 5.97 Å². The summed E-state index contributed by atoms with van der Waals surface area (Å²) >= 11 is 0. The first kappa shape index (κ1) is 14.9. The van der Waals surface area contributed by atoms with Crippen molar-refractivity contribution < 1.29 is 14.4 Å². The molecule has 0 aliphatic carbocycles. The Labute approximate surface area is 118 Å². The Balaban J connectivity index is 1.83. The van der Waals surface area contributed by atoms with Gasteiger partial charge in [0, 0.05) is 32.6 Å². The van der Waals surface area contributed by atoms with E-state index in [0.29, 0.717) is 24.7 Å². The fourth-order valence-corrected chi connectivity index (χ4v) is 2.52. The van der Waals surface area contributed by atoms with Gasteiger partial charge in [-0.2, -0.15) is 4.98 Å². The molecule has 1 atom stereocenters. The van der Waals surface area contributed by atoms with Gasteiger partial charge in [0.2, 0.25) is 5.89 Å². The highest BCUT2D eigenvalue weighted by molar-refractivity contribution is 5.73. The Hall–Kier alpha value is -1.47. The van der Waals surface area contributed by atoms with Gasteiger partial charge in [-0.05, 0) is 6.42 Å². The number of rotatable bonds is 6. The first-order chi connectivity index (χ1) is 9.63. The minimum Gasteiger partial charge on any atom is -0.480 e. The Kier molecular flexibility index (Phi) is 5.08. The van der Waals surface area contributed by atoms with Gasteiger partial charge in [-0.3, -0.25) is 14.6 Å². The predicted molar refractivity (Wildman–Crippen MR) is 72.2 cm³/mol. The van der Waals surface area contributed by atoms with Crippen LogP contribution in [0.15, 0.2) is 4.52 Å². The molecule has 1 unspecified atom stereocenters. The van der Waals surface area contributed by atoms with Crippen LogP contribution >= 0.6 is 0 Å². The molecule has 2 rings (SSSR count). The van der Waals surface area contributed by atoms with Crippen LogP contribution < -0.4 is 0 Å². The van der Waals surface area contributed by atoms with E-state index in [-0.39, 0.29) is 6.04 Å². The molecule has 1 fully saturated rings. The van der Waals surface area contributed by atoms with Gasteiger partial charge >= 0.3 is 5.97 Å². The Morgan fingerprint density at radius 2 is 2.05 bits per heavy atom. The second-order valence-electron chi connectivity index (χ2n) is 5.03. The average molecular weight is 282 g/mol. The Morgan fingerprint density at radius 3 is 2.55 bits per heavy atom. The van der Waals surface area contributed by atoms with Gasteiger partial charge in [-0.15, -0.1) is 0 Å². The third-order valence-electron chi connectivity index (χ3n) is 3.70. The van der Waals surface area contributed by atoms with Crippen LogP contribution in [-0.2, 0) is 17.8 Å². The lowest BCUT2D eigenvalue weighted by Gasteiger charge is -2.36. The summed E-state index contributed by atoms with van der Waals surface area (Å²) in [4.78, 5) is 19.7. The van der Waals surface area contributed by atoms with Gasteiger partial charge in [0.15, 0.2) is 5.82 Å². The Bertz CT molecular complexity index is 441. The minimum absolute atomic E-state index is 0.367. The number of carboxylic acids is 1. The number of aryl methyl sites for hydroxylation is 1. The van der Waals surface area contributed by atoms with E-state index in [2.05, 4.69) is 15.0 Å². The fourth-order valence-electron chi connectivity index (χ4n) is 2.52. The van der Waals surface area contributed by atoms with Crippen molar-refractivity contribution in [2.24, 2.45) is 0 Å². The number of aliphatic carboxylic acids is 1. The largest absolute Gasteiger partial charge is 0.480 e. The lowest BCUT2D eigenvalue weighted by molar-refractivity contribution is -0.144. The standard InChI is InChI=1S/C13H22N4O3/c1-3-10(13(18)19)17-7-5-16(6-8-17)9-11-14-12(4-2)20-15-11/h10H,3-9H2,1-2H3,(H,18,19). The normalized spacial score (nSPS) is 19.1. The maximum atomic E-state index is 11.2. The first-order valence-electron chi connectivity index (χ1n) is 7.14. The molecule has 1 saturated heterocycles. The summed E-state index contributed by atoms with van der Waals surface area (Å²) < 4.78 is 5.09. The van der Waals surface area contributed by atoms with E-state index in [1.807, 2.05) is 18.7 Å². The average Bonchev–Trinajstić information content (AvgIpc) is 2.89. The molecule has 1 aromatic rings. The lowest BCUT2D eigenvalue weighted by Crippen LogP contribution is -2.52. The number of piperazine rings is 1. The van der Waals surface area contributed by atoms with E-state index < -0.39 is 5.97 Å². The zero-order valence-corrected chi connectivity index (χ0v) is 12.1. The van der Waals surface area contributed by atoms with E-state index >= 15 is 0 Å². The molecule has 1 N–H and O–H groups in total. The summed E-state index contributed by atoms with van der Waals surface area (Å²) in [7, 11) is 0. The third kappa shape index (κ3) is 3.55. The van der Waals surface area contributed by atoms with E-state index in [4.69, 9.17) is 9.63 Å². The van der Waals surface area contributed by atoms with Gasteiger partial charge in [0.25, 0.3) is 0 Å². The molecule has 1 aliphatic heterocycles. The molecule has 1 aliphatic rings. The zero-order chi connectivity index (χ0) is 14.5. The van der Waals surface area contributed by atoms with E-state index in [9.17, 15) is 4.79 Å². The molecule has 0 amide bonds. The predicted octanol–water partition coefficient (Wildman–Crippen LogP) is 0.613. The maximum absolute atomic E-state index is 11.2. The highest BCUT2D eigenvalue weighted by atomic mass is 16.5. The van der Waals surface area contributed by atoms with Crippen LogP contribution in [0.25, 0.3) is 0 Å². The van der Waals surface area contributed by atoms with Crippen LogP contribution in [-0.4, -0.2) is 63.2 Å². The van der Waals surface area contributed by atoms with Gasteiger partial charge in [0.1, 0.15) is 6.04 Å².